The molecule has 2 nitrogen and oxygen atoms in total. The van der Waals surface area contributed by atoms with Crippen LogP contribution in [0, 0.1) is 0 Å². The van der Waals surface area contributed by atoms with Crippen molar-refractivity contribution < 1.29 is 9.47 Å². The molecule has 1 aromatic rings. The van der Waals surface area contributed by atoms with Crippen LogP contribution in [-0.2, 0) is 16.8 Å². The number of hydrogen-bond donors (Lipinski definition) is 0. The lowest BCUT2D eigenvalue weighted by molar-refractivity contribution is 0.134. The number of ether oxygens (including phenoxy) is 2. The fraction of sp³-hybridized carbons (Fsp3) is 0.571. The first-order valence-corrected chi connectivity index (χ1v) is 5.74. The third-order valence-corrected chi connectivity index (χ3v) is 2.54. The fourth-order valence-corrected chi connectivity index (χ4v) is 1.65. The van der Waals surface area contributed by atoms with Gasteiger partial charge in [0.1, 0.15) is 5.75 Å². The van der Waals surface area contributed by atoms with Crippen LogP contribution in [0.1, 0.15) is 38.8 Å². The first-order valence-electron chi connectivity index (χ1n) is 5.74. The van der Waals surface area contributed by atoms with Gasteiger partial charge >= 0.3 is 0 Å². The van der Waals surface area contributed by atoms with Crippen molar-refractivity contribution in [1.82, 2.24) is 0 Å². The molecule has 0 N–H and O–H groups in total. The summed E-state index contributed by atoms with van der Waals surface area (Å²) in [6.45, 7) is 9.99. The summed E-state index contributed by atoms with van der Waals surface area (Å²) in [5.74, 6) is 0.952. The Morgan fingerprint density at radius 2 is 1.88 bits per heavy atom. The molecule has 1 aromatic carbocycles. The average Bonchev–Trinajstić information content (AvgIpc) is 2.24. The molecule has 0 saturated carbocycles. The molecule has 0 spiro atoms. The number of rotatable bonds is 4. The molecule has 0 unspecified atom stereocenters. The second kappa shape index (κ2) is 5.35. The molecule has 0 aliphatic rings. The van der Waals surface area contributed by atoms with Crippen LogP contribution in [-0.4, -0.2) is 13.7 Å². The molecule has 0 radical (unpaired) electrons. The van der Waals surface area contributed by atoms with E-state index >= 15 is 0 Å². The Kier molecular flexibility index (Phi) is 4.36. The van der Waals surface area contributed by atoms with E-state index in [2.05, 4.69) is 32.9 Å². The molecule has 0 aliphatic heterocycles. The summed E-state index contributed by atoms with van der Waals surface area (Å²) in [4.78, 5) is 0. The van der Waals surface area contributed by atoms with E-state index in [0.717, 1.165) is 12.4 Å². The summed E-state index contributed by atoms with van der Waals surface area (Å²) in [5.41, 5.74) is 2.52. The van der Waals surface area contributed by atoms with Crippen LogP contribution in [0.2, 0.25) is 0 Å². The van der Waals surface area contributed by atoms with Gasteiger partial charge in [0.25, 0.3) is 0 Å². The van der Waals surface area contributed by atoms with Crippen LogP contribution in [0.5, 0.6) is 5.75 Å². The zero-order chi connectivity index (χ0) is 12.2. The van der Waals surface area contributed by atoms with E-state index in [1.807, 2.05) is 13.0 Å². The quantitative estimate of drug-likeness (QED) is 0.776. The maximum absolute atomic E-state index is 5.42. The van der Waals surface area contributed by atoms with Crippen molar-refractivity contribution >= 4 is 0 Å². The normalized spacial score (nSPS) is 11.6. The standard InChI is InChI=1S/C14H22O2/c1-6-16-10-11-7-8-13(15-5)12(9-11)14(2,3)4/h7-9H,6,10H2,1-5H3. The summed E-state index contributed by atoms with van der Waals surface area (Å²) in [7, 11) is 1.72. The molecule has 0 atom stereocenters. The van der Waals surface area contributed by atoms with E-state index in [4.69, 9.17) is 9.47 Å². The summed E-state index contributed by atoms with van der Waals surface area (Å²) in [5, 5.41) is 0. The van der Waals surface area contributed by atoms with E-state index in [0.29, 0.717) is 6.61 Å². The summed E-state index contributed by atoms with van der Waals surface area (Å²) in [6.07, 6.45) is 0. The Morgan fingerprint density at radius 1 is 1.19 bits per heavy atom. The van der Waals surface area contributed by atoms with Gasteiger partial charge in [0.05, 0.1) is 13.7 Å². The van der Waals surface area contributed by atoms with Crippen molar-refractivity contribution in [3.63, 3.8) is 0 Å². The van der Waals surface area contributed by atoms with Gasteiger partial charge < -0.3 is 9.47 Å². The number of methoxy groups -OCH3 is 1. The minimum Gasteiger partial charge on any atom is -0.496 e. The molecule has 0 heterocycles. The molecule has 0 fully saturated rings. The maximum atomic E-state index is 5.42. The maximum Gasteiger partial charge on any atom is 0.122 e. The highest BCUT2D eigenvalue weighted by atomic mass is 16.5. The predicted octanol–water partition coefficient (Wildman–Crippen LogP) is 3.53. The van der Waals surface area contributed by atoms with Crippen LogP contribution in [0.15, 0.2) is 18.2 Å². The highest BCUT2D eigenvalue weighted by Crippen LogP contribution is 2.32. The predicted molar refractivity (Wildman–Crippen MR) is 67.0 cm³/mol. The van der Waals surface area contributed by atoms with Gasteiger partial charge in [-0.1, -0.05) is 26.8 Å². The summed E-state index contributed by atoms with van der Waals surface area (Å²) in [6, 6.07) is 6.26. The molecule has 90 valence electrons. The van der Waals surface area contributed by atoms with Crippen LogP contribution < -0.4 is 4.74 Å². The van der Waals surface area contributed by atoms with Gasteiger partial charge in [-0.2, -0.15) is 0 Å². The topological polar surface area (TPSA) is 18.5 Å². The van der Waals surface area contributed by atoms with E-state index < -0.39 is 0 Å². The molecule has 0 aliphatic carbocycles. The van der Waals surface area contributed by atoms with Gasteiger partial charge in [0.15, 0.2) is 0 Å². The highest BCUT2D eigenvalue weighted by Gasteiger charge is 2.19. The van der Waals surface area contributed by atoms with Crippen LogP contribution in [0.25, 0.3) is 0 Å². The second-order valence-corrected chi connectivity index (χ2v) is 4.92. The molecule has 0 amide bonds. The Hall–Kier alpha value is -1.02. The lowest BCUT2D eigenvalue weighted by Gasteiger charge is -2.22. The third-order valence-electron chi connectivity index (χ3n) is 2.54. The Balaban J connectivity index is 3.02. The highest BCUT2D eigenvalue weighted by molar-refractivity contribution is 5.41. The molecule has 2 heteroatoms. The fourth-order valence-electron chi connectivity index (χ4n) is 1.65. The lowest BCUT2D eigenvalue weighted by atomic mass is 9.85. The van der Waals surface area contributed by atoms with Crippen LogP contribution in [0.4, 0.5) is 0 Å². The van der Waals surface area contributed by atoms with E-state index in [-0.39, 0.29) is 5.41 Å². The molecule has 0 saturated heterocycles. The SMILES string of the molecule is CCOCc1ccc(OC)c(C(C)(C)C)c1. The van der Waals surface area contributed by atoms with E-state index in [1.165, 1.54) is 11.1 Å². The Bertz CT molecular complexity index is 337. The molecular formula is C14H22O2. The largest absolute Gasteiger partial charge is 0.496 e. The average molecular weight is 222 g/mol. The first kappa shape index (κ1) is 13.0. The third kappa shape index (κ3) is 3.24. The minimum atomic E-state index is 0.0908. The molecule has 16 heavy (non-hydrogen) atoms. The zero-order valence-corrected chi connectivity index (χ0v) is 11.0. The van der Waals surface area contributed by atoms with Gasteiger partial charge in [-0.3, -0.25) is 0 Å². The lowest BCUT2D eigenvalue weighted by Crippen LogP contribution is -2.13. The summed E-state index contributed by atoms with van der Waals surface area (Å²) >= 11 is 0. The van der Waals surface area contributed by atoms with E-state index in [1.54, 1.807) is 7.11 Å². The monoisotopic (exact) mass is 222 g/mol. The minimum absolute atomic E-state index is 0.0908. The molecule has 0 bridgehead atoms. The molecule has 0 aromatic heterocycles. The molecule has 1 rings (SSSR count). The van der Waals surface area contributed by atoms with Crippen LogP contribution >= 0.6 is 0 Å². The Labute approximate surface area is 98.6 Å². The second-order valence-electron chi connectivity index (χ2n) is 4.92. The van der Waals surface area contributed by atoms with Crippen molar-refractivity contribution in [3.8, 4) is 5.75 Å². The number of benzene rings is 1. The Morgan fingerprint density at radius 3 is 2.38 bits per heavy atom. The van der Waals surface area contributed by atoms with Crippen molar-refractivity contribution in [2.24, 2.45) is 0 Å². The van der Waals surface area contributed by atoms with E-state index in [9.17, 15) is 0 Å². The smallest absolute Gasteiger partial charge is 0.122 e. The zero-order valence-electron chi connectivity index (χ0n) is 11.0. The van der Waals surface area contributed by atoms with Gasteiger partial charge in [0.2, 0.25) is 0 Å². The van der Waals surface area contributed by atoms with Gasteiger partial charge in [-0.25, -0.2) is 0 Å². The first-order chi connectivity index (χ1) is 7.49. The van der Waals surface area contributed by atoms with Crippen molar-refractivity contribution in [2.45, 2.75) is 39.7 Å². The molecular weight excluding hydrogens is 200 g/mol. The van der Waals surface area contributed by atoms with Crippen LogP contribution in [0.3, 0.4) is 0 Å². The number of hydrogen-bond acceptors (Lipinski definition) is 2. The van der Waals surface area contributed by atoms with Gasteiger partial charge in [-0.05, 0) is 35.6 Å². The van der Waals surface area contributed by atoms with Crippen molar-refractivity contribution in [1.29, 1.82) is 0 Å². The van der Waals surface area contributed by atoms with Crippen molar-refractivity contribution in [3.05, 3.63) is 29.3 Å². The van der Waals surface area contributed by atoms with Gasteiger partial charge in [0, 0.05) is 6.61 Å². The summed E-state index contributed by atoms with van der Waals surface area (Å²) < 4.78 is 10.8. The van der Waals surface area contributed by atoms with Crippen molar-refractivity contribution in [2.75, 3.05) is 13.7 Å². The van der Waals surface area contributed by atoms with Gasteiger partial charge in [-0.15, -0.1) is 0 Å².